The number of benzene rings is 1. The lowest BCUT2D eigenvalue weighted by Gasteiger charge is -1.97. The molecule has 0 saturated heterocycles. The lowest BCUT2D eigenvalue weighted by molar-refractivity contribution is -0.113. The summed E-state index contributed by atoms with van der Waals surface area (Å²) in [4.78, 5) is 11.6. The fraction of sp³-hybridized carbons (Fsp3) is 0.389. The first-order valence-electron chi connectivity index (χ1n) is 6.90. The molecule has 0 spiro atoms. The summed E-state index contributed by atoms with van der Waals surface area (Å²) in [6.45, 7) is 6.22. The van der Waals surface area contributed by atoms with E-state index in [0.29, 0.717) is 6.42 Å². The van der Waals surface area contributed by atoms with Crippen LogP contribution in [0.15, 0.2) is 30.4 Å². The molecule has 100 valence electrons. The molecule has 0 aliphatic heterocycles. The van der Waals surface area contributed by atoms with Gasteiger partial charge >= 0.3 is 0 Å². The first-order valence-corrected chi connectivity index (χ1v) is 6.90. The van der Waals surface area contributed by atoms with E-state index >= 15 is 0 Å². The van der Waals surface area contributed by atoms with Crippen molar-refractivity contribution >= 4 is 5.78 Å². The summed E-state index contributed by atoms with van der Waals surface area (Å²) in [5.74, 6) is 5.69. The van der Waals surface area contributed by atoms with Crippen LogP contribution in [0.25, 0.3) is 0 Å². The summed E-state index contributed by atoms with van der Waals surface area (Å²) < 4.78 is 0. The molecule has 0 N–H and O–H groups in total. The van der Waals surface area contributed by atoms with Gasteiger partial charge in [0.25, 0.3) is 0 Å². The maximum atomic E-state index is 11.6. The van der Waals surface area contributed by atoms with Gasteiger partial charge in [0.1, 0.15) is 0 Å². The number of carbonyl (C=O) groups excluding carboxylic acids is 1. The molecule has 0 atom stereocenters. The molecular weight excluding hydrogens is 232 g/mol. The Morgan fingerprint density at radius 2 is 1.74 bits per heavy atom. The van der Waals surface area contributed by atoms with Crippen LogP contribution in [0.5, 0.6) is 0 Å². The van der Waals surface area contributed by atoms with Crippen LogP contribution in [0, 0.1) is 25.7 Å². The Morgan fingerprint density at radius 1 is 1.11 bits per heavy atom. The van der Waals surface area contributed by atoms with Crippen molar-refractivity contribution in [1.29, 1.82) is 0 Å². The Morgan fingerprint density at radius 3 is 2.37 bits per heavy atom. The number of Topliss-reactive ketones (excluding diaryl/α,β-unsaturated/α-hetero) is 1. The molecule has 19 heavy (non-hydrogen) atoms. The quantitative estimate of drug-likeness (QED) is 0.563. The van der Waals surface area contributed by atoms with Crippen molar-refractivity contribution in [3.05, 3.63) is 47.0 Å². The number of carbonyl (C=O) groups is 1. The molecule has 0 aliphatic carbocycles. The molecule has 0 amide bonds. The molecule has 1 aromatic rings. The summed E-state index contributed by atoms with van der Waals surface area (Å²) in [5, 5.41) is 0. The molecule has 1 heteroatoms. The summed E-state index contributed by atoms with van der Waals surface area (Å²) >= 11 is 0. The molecule has 1 nitrogen and oxygen atoms in total. The van der Waals surface area contributed by atoms with Gasteiger partial charge in [-0.3, -0.25) is 4.79 Å². The fourth-order valence-electron chi connectivity index (χ4n) is 1.87. The lowest BCUT2D eigenvalue weighted by Crippen LogP contribution is -1.92. The van der Waals surface area contributed by atoms with Gasteiger partial charge in [0.2, 0.25) is 5.78 Å². The number of hydrogen-bond donors (Lipinski definition) is 0. The Hall–Kier alpha value is -1.81. The average molecular weight is 254 g/mol. The molecule has 0 aromatic heterocycles. The van der Waals surface area contributed by atoms with E-state index < -0.39 is 0 Å². The van der Waals surface area contributed by atoms with E-state index in [9.17, 15) is 4.79 Å². The molecule has 0 heterocycles. The van der Waals surface area contributed by atoms with Crippen molar-refractivity contribution in [2.24, 2.45) is 0 Å². The van der Waals surface area contributed by atoms with E-state index in [1.807, 2.05) is 26.0 Å². The normalized spacial score (nSPS) is 10.3. The highest BCUT2D eigenvalue weighted by molar-refractivity contribution is 5.96. The van der Waals surface area contributed by atoms with Crippen LogP contribution >= 0.6 is 0 Å². The second kappa shape index (κ2) is 8.32. The molecular formula is C18H22O. The second-order valence-corrected chi connectivity index (χ2v) is 4.85. The smallest absolute Gasteiger partial charge is 0.206 e. The zero-order valence-electron chi connectivity index (χ0n) is 12.1. The largest absolute Gasteiger partial charge is 0.285 e. The number of allylic oxidation sites excluding steroid dienone is 2. The van der Waals surface area contributed by atoms with E-state index in [-0.39, 0.29) is 5.78 Å². The van der Waals surface area contributed by atoms with Crippen molar-refractivity contribution in [2.75, 3.05) is 0 Å². The monoisotopic (exact) mass is 254 g/mol. The van der Waals surface area contributed by atoms with Crippen molar-refractivity contribution < 1.29 is 4.79 Å². The SMILES string of the molecule is CCC/C=C/CCC(=O)C#Cc1cc(C)cc(C)c1. The Bertz CT molecular complexity index is 492. The number of aryl methyl sites for hydroxylation is 2. The predicted molar refractivity (Wildman–Crippen MR) is 81.1 cm³/mol. The van der Waals surface area contributed by atoms with Gasteiger partial charge in [0, 0.05) is 12.0 Å². The van der Waals surface area contributed by atoms with E-state index in [0.717, 1.165) is 24.8 Å². The fourth-order valence-corrected chi connectivity index (χ4v) is 1.87. The van der Waals surface area contributed by atoms with Crippen molar-refractivity contribution in [3.63, 3.8) is 0 Å². The third-order valence-corrected chi connectivity index (χ3v) is 2.73. The minimum atomic E-state index is 0.0142. The molecule has 0 fully saturated rings. The van der Waals surface area contributed by atoms with E-state index in [4.69, 9.17) is 0 Å². The van der Waals surface area contributed by atoms with Gasteiger partial charge in [-0.1, -0.05) is 37.5 Å². The molecule has 0 bridgehead atoms. The molecule has 1 aromatic carbocycles. The Balaban J connectivity index is 2.50. The highest BCUT2D eigenvalue weighted by Gasteiger charge is 1.95. The summed E-state index contributed by atoms with van der Waals surface area (Å²) in [5.41, 5.74) is 3.28. The second-order valence-electron chi connectivity index (χ2n) is 4.85. The molecule has 1 rings (SSSR count). The maximum absolute atomic E-state index is 11.6. The summed E-state index contributed by atoms with van der Waals surface area (Å²) in [7, 11) is 0. The van der Waals surface area contributed by atoms with Gasteiger partial charge in [-0.25, -0.2) is 0 Å². The van der Waals surface area contributed by atoms with Crippen LogP contribution in [0.2, 0.25) is 0 Å². The van der Waals surface area contributed by atoms with Crippen LogP contribution in [-0.4, -0.2) is 5.78 Å². The minimum absolute atomic E-state index is 0.0142. The highest BCUT2D eigenvalue weighted by atomic mass is 16.1. The van der Waals surface area contributed by atoms with E-state index in [1.54, 1.807) is 0 Å². The van der Waals surface area contributed by atoms with Crippen LogP contribution in [0.3, 0.4) is 0 Å². The van der Waals surface area contributed by atoms with Gasteiger partial charge < -0.3 is 0 Å². The topological polar surface area (TPSA) is 17.1 Å². The molecule has 0 unspecified atom stereocenters. The number of hydrogen-bond acceptors (Lipinski definition) is 1. The standard InChI is InChI=1S/C18H22O/c1-4-5-6-7-8-9-18(19)11-10-17-13-15(2)12-16(3)14-17/h6-7,12-14H,4-5,8-9H2,1-3H3/b7-6+. The zero-order chi connectivity index (χ0) is 14.1. The minimum Gasteiger partial charge on any atom is -0.285 e. The van der Waals surface area contributed by atoms with Gasteiger partial charge in [-0.05, 0) is 55.9 Å². The Labute approximate surface area is 116 Å². The first kappa shape index (κ1) is 15.2. The highest BCUT2D eigenvalue weighted by Crippen LogP contribution is 2.07. The van der Waals surface area contributed by atoms with Crippen LogP contribution in [-0.2, 0) is 4.79 Å². The first-order chi connectivity index (χ1) is 9.11. The van der Waals surface area contributed by atoms with Gasteiger partial charge in [-0.15, -0.1) is 0 Å². The molecule has 0 aliphatic rings. The van der Waals surface area contributed by atoms with Crippen LogP contribution < -0.4 is 0 Å². The third-order valence-electron chi connectivity index (χ3n) is 2.73. The van der Waals surface area contributed by atoms with Gasteiger partial charge in [-0.2, -0.15) is 0 Å². The third kappa shape index (κ3) is 6.62. The van der Waals surface area contributed by atoms with Crippen LogP contribution in [0.4, 0.5) is 0 Å². The predicted octanol–water partition coefficient (Wildman–Crippen LogP) is 4.36. The molecule has 0 radical (unpaired) electrons. The van der Waals surface area contributed by atoms with E-state index in [1.165, 1.54) is 11.1 Å². The van der Waals surface area contributed by atoms with Gasteiger partial charge in [0.05, 0.1) is 0 Å². The van der Waals surface area contributed by atoms with E-state index in [2.05, 4.69) is 37.0 Å². The number of unbranched alkanes of at least 4 members (excludes halogenated alkanes) is 1. The van der Waals surface area contributed by atoms with Gasteiger partial charge in [0.15, 0.2) is 0 Å². The number of ketones is 1. The van der Waals surface area contributed by atoms with Crippen molar-refractivity contribution in [1.82, 2.24) is 0 Å². The lowest BCUT2D eigenvalue weighted by atomic mass is 10.1. The maximum Gasteiger partial charge on any atom is 0.206 e. The summed E-state index contributed by atoms with van der Waals surface area (Å²) in [6.07, 6.45) is 7.74. The Kier molecular flexibility index (Phi) is 6.68. The molecule has 0 saturated carbocycles. The van der Waals surface area contributed by atoms with Crippen molar-refractivity contribution in [3.8, 4) is 11.8 Å². The summed E-state index contributed by atoms with van der Waals surface area (Å²) in [6, 6.07) is 6.12. The van der Waals surface area contributed by atoms with Crippen LogP contribution in [0.1, 0.15) is 49.3 Å². The average Bonchev–Trinajstić information content (AvgIpc) is 2.35. The zero-order valence-corrected chi connectivity index (χ0v) is 12.1. The number of rotatable bonds is 5. The van der Waals surface area contributed by atoms with Crippen molar-refractivity contribution in [2.45, 2.75) is 46.5 Å².